The molecule has 29 heavy (non-hydrogen) atoms. The molecule has 0 bridgehead atoms. The molecule has 1 saturated heterocycles. The van der Waals surface area contributed by atoms with Crippen molar-refractivity contribution in [3.8, 4) is 5.75 Å². The topological polar surface area (TPSA) is 88.5 Å². The zero-order chi connectivity index (χ0) is 20.6. The van der Waals surface area contributed by atoms with Gasteiger partial charge in [-0.05, 0) is 51.4 Å². The molecule has 8 nitrogen and oxygen atoms in total. The summed E-state index contributed by atoms with van der Waals surface area (Å²) in [4.78, 5) is 26.3. The van der Waals surface area contributed by atoms with Gasteiger partial charge >= 0.3 is 0 Å². The van der Waals surface area contributed by atoms with E-state index in [0.29, 0.717) is 30.2 Å². The van der Waals surface area contributed by atoms with Crippen molar-refractivity contribution >= 4 is 17.5 Å². The number of likely N-dealkylation sites (N-methyl/N-ethyl adjacent to an activating group) is 1. The molecule has 1 aromatic heterocycles. The van der Waals surface area contributed by atoms with E-state index in [1.807, 2.05) is 24.7 Å². The van der Waals surface area contributed by atoms with Crippen molar-refractivity contribution in [2.75, 3.05) is 38.1 Å². The minimum atomic E-state index is -0.274. The van der Waals surface area contributed by atoms with Crippen LogP contribution >= 0.6 is 0 Å². The number of carbonyl (C=O) groups excluding carboxylic acids is 2. The fourth-order valence-corrected chi connectivity index (χ4v) is 3.39. The summed E-state index contributed by atoms with van der Waals surface area (Å²) >= 11 is 0. The number of amides is 2. The Bertz CT molecular complexity index is 825. The van der Waals surface area contributed by atoms with E-state index in [2.05, 4.69) is 15.7 Å². The molecule has 0 saturated carbocycles. The van der Waals surface area contributed by atoms with Gasteiger partial charge in [0.2, 0.25) is 0 Å². The van der Waals surface area contributed by atoms with Crippen LogP contribution in [0.25, 0.3) is 0 Å². The predicted molar refractivity (Wildman–Crippen MR) is 111 cm³/mol. The molecule has 0 spiro atoms. The number of piperidine rings is 1. The molecule has 2 heterocycles. The smallest absolute Gasteiger partial charge is 0.276 e. The van der Waals surface area contributed by atoms with Crippen molar-refractivity contribution in [3.05, 3.63) is 42.2 Å². The molecule has 0 radical (unpaired) electrons. The van der Waals surface area contributed by atoms with Crippen LogP contribution in [0.1, 0.15) is 43.2 Å². The fraction of sp³-hybridized carbons (Fsp3) is 0.476. The molecule has 2 aromatic rings. The quantitative estimate of drug-likeness (QED) is 0.711. The lowest BCUT2D eigenvalue weighted by molar-refractivity contribution is -0.132. The lowest BCUT2D eigenvalue weighted by atomic mass is 10.1. The van der Waals surface area contributed by atoms with Crippen LogP contribution in [0.5, 0.6) is 5.75 Å². The molecule has 1 aromatic carbocycles. The average Bonchev–Trinajstić information content (AvgIpc) is 3.25. The number of benzene rings is 1. The summed E-state index contributed by atoms with van der Waals surface area (Å²) in [5, 5.41) is 10.6. The second-order valence-electron chi connectivity index (χ2n) is 7.02. The van der Waals surface area contributed by atoms with Gasteiger partial charge in [0.1, 0.15) is 5.75 Å². The molecule has 156 valence electrons. The van der Waals surface area contributed by atoms with Crippen molar-refractivity contribution in [3.63, 3.8) is 0 Å². The van der Waals surface area contributed by atoms with Crippen LogP contribution in [0.15, 0.2) is 36.5 Å². The molecule has 1 aliphatic rings. The van der Waals surface area contributed by atoms with E-state index in [0.717, 1.165) is 25.9 Å². The normalized spacial score (nSPS) is 16.3. The lowest BCUT2D eigenvalue weighted by Crippen LogP contribution is -2.34. The highest BCUT2D eigenvalue weighted by atomic mass is 16.5. The van der Waals surface area contributed by atoms with Gasteiger partial charge in [-0.1, -0.05) is 6.07 Å². The van der Waals surface area contributed by atoms with E-state index in [1.54, 1.807) is 35.2 Å². The van der Waals surface area contributed by atoms with E-state index in [-0.39, 0.29) is 24.5 Å². The largest absolute Gasteiger partial charge is 0.484 e. The number of nitrogens with zero attached hydrogens (tertiary/aromatic N) is 3. The Morgan fingerprint density at radius 1 is 1.31 bits per heavy atom. The van der Waals surface area contributed by atoms with E-state index in [9.17, 15) is 9.59 Å². The summed E-state index contributed by atoms with van der Waals surface area (Å²) in [5.41, 5.74) is 0.968. The van der Waals surface area contributed by atoms with Gasteiger partial charge in [0.25, 0.3) is 11.8 Å². The van der Waals surface area contributed by atoms with Gasteiger partial charge in [0, 0.05) is 37.6 Å². The third-order valence-corrected chi connectivity index (χ3v) is 5.06. The van der Waals surface area contributed by atoms with Gasteiger partial charge in [-0.25, -0.2) is 0 Å². The molecule has 1 unspecified atom stereocenters. The first-order valence-corrected chi connectivity index (χ1v) is 10.2. The molecule has 8 heteroatoms. The maximum absolute atomic E-state index is 12.6. The number of ether oxygens (including phenoxy) is 1. The van der Waals surface area contributed by atoms with Crippen LogP contribution < -0.4 is 15.4 Å². The first-order valence-electron chi connectivity index (χ1n) is 10.2. The number of hydrogen-bond acceptors (Lipinski definition) is 5. The Labute approximate surface area is 171 Å². The molecule has 0 aliphatic carbocycles. The zero-order valence-electron chi connectivity index (χ0n) is 17.1. The first-order chi connectivity index (χ1) is 14.1. The molecular weight excluding hydrogens is 370 g/mol. The van der Waals surface area contributed by atoms with E-state index >= 15 is 0 Å². The highest BCUT2D eigenvalue weighted by molar-refractivity contribution is 6.02. The van der Waals surface area contributed by atoms with Crippen molar-refractivity contribution in [2.24, 2.45) is 0 Å². The molecule has 1 atom stereocenters. The van der Waals surface area contributed by atoms with Gasteiger partial charge in [-0.15, -0.1) is 0 Å². The summed E-state index contributed by atoms with van der Waals surface area (Å²) < 4.78 is 7.46. The van der Waals surface area contributed by atoms with Gasteiger partial charge in [0.05, 0.1) is 6.04 Å². The summed E-state index contributed by atoms with van der Waals surface area (Å²) in [7, 11) is 0. The lowest BCUT2D eigenvalue weighted by Gasteiger charge is -2.22. The highest BCUT2D eigenvalue weighted by Crippen LogP contribution is 2.19. The van der Waals surface area contributed by atoms with Gasteiger partial charge < -0.3 is 20.3 Å². The molecule has 2 amide bonds. The Morgan fingerprint density at radius 2 is 2.14 bits per heavy atom. The van der Waals surface area contributed by atoms with Crippen LogP contribution in [0.2, 0.25) is 0 Å². The van der Waals surface area contributed by atoms with Gasteiger partial charge in [-0.2, -0.15) is 5.10 Å². The predicted octanol–water partition coefficient (Wildman–Crippen LogP) is 2.31. The van der Waals surface area contributed by atoms with E-state index in [1.165, 1.54) is 0 Å². The van der Waals surface area contributed by atoms with Crippen LogP contribution in [0.4, 0.5) is 5.69 Å². The van der Waals surface area contributed by atoms with E-state index in [4.69, 9.17) is 4.74 Å². The second kappa shape index (κ2) is 10.1. The summed E-state index contributed by atoms with van der Waals surface area (Å²) in [5.74, 6) is 0.193. The fourth-order valence-electron chi connectivity index (χ4n) is 3.39. The van der Waals surface area contributed by atoms with Crippen LogP contribution in [-0.4, -0.2) is 59.3 Å². The summed E-state index contributed by atoms with van der Waals surface area (Å²) in [6.07, 6.45) is 4.02. The Hall–Kier alpha value is -2.87. The van der Waals surface area contributed by atoms with Crippen molar-refractivity contribution in [2.45, 2.75) is 32.7 Å². The molecule has 3 rings (SSSR count). The minimum Gasteiger partial charge on any atom is -0.484 e. The zero-order valence-corrected chi connectivity index (χ0v) is 17.1. The Balaban J connectivity index is 1.57. The van der Waals surface area contributed by atoms with Gasteiger partial charge in [-0.3, -0.25) is 14.3 Å². The monoisotopic (exact) mass is 399 g/mol. The molecule has 2 N–H and O–H groups in total. The number of carbonyl (C=O) groups is 2. The third-order valence-electron chi connectivity index (χ3n) is 5.06. The van der Waals surface area contributed by atoms with Crippen molar-refractivity contribution < 1.29 is 14.3 Å². The standard InChI is InChI=1S/C21H29N5O3/c1-3-25(4-2)20(27)15-29-18-9-5-7-16(13-18)23-21(28)19-10-12-26(24-19)17-8-6-11-22-14-17/h5,7,9-10,12-13,17,22H,3-4,6,8,11,14-15H2,1-2H3,(H,23,28). The number of aromatic nitrogens is 2. The maximum atomic E-state index is 12.6. The molecule has 1 aliphatic heterocycles. The maximum Gasteiger partial charge on any atom is 0.276 e. The van der Waals surface area contributed by atoms with Gasteiger partial charge in [0.15, 0.2) is 12.3 Å². The van der Waals surface area contributed by atoms with Crippen LogP contribution in [0.3, 0.4) is 0 Å². The van der Waals surface area contributed by atoms with E-state index < -0.39 is 0 Å². The number of nitrogens with one attached hydrogen (secondary N) is 2. The first kappa shape index (κ1) is 20.9. The minimum absolute atomic E-state index is 0.0289. The molecular formula is C21H29N5O3. The summed E-state index contributed by atoms with van der Waals surface area (Å²) in [6.45, 7) is 7.04. The summed E-state index contributed by atoms with van der Waals surface area (Å²) in [6, 6.07) is 9.03. The number of anilines is 1. The SMILES string of the molecule is CCN(CC)C(=O)COc1cccc(NC(=O)c2ccn(C3CCCNC3)n2)c1. The number of rotatable bonds is 8. The Morgan fingerprint density at radius 3 is 2.86 bits per heavy atom. The van der Waals surface area contributed by atoms with Crippen LogP contribution in [0, 0.1) is 0 Å². The molecule has 1 fully saturated rings. The number of hydrogen-bond donors (Lipinski definition) is 2. The highest BCUT2D eigenvalue weighted by Gasteiger charge is 2.18. The Kier molecular flexibility index (Phi) is 7.24. The third kappa shape index (κ3) is 5.57. The van der Waals surface area contributed by atoms with Crippen LogP contribution in [-0.2, 0) is 4.79 Å². The van der Waals surface area contributed by atoms with Crippen molar-refractivity contribution in [1.29, 1.82) is 0 Å². The van der Waals surface area contributed by atoms with Crippen molar-refractivity contribution in [1.82, 2.24) is 20.0 Å². The second-order valence-corrected chi connectivity index (χ2v) is 7.02. The average molecular weight is 399 g/mol.